The number of rotatable bonds is 5. The van der Waals surface area contributed by atoms with Crippen LogP contribution >= 0.6 is 0 Å². The molecule has 0 atom stereocenters. The maximum atomic E-state index is 13.5. The number of amides is 2. The van der Waals surface area contributed by atoms with Crippen LogP contribution in [0.25, 0.3) is 5.69 Å². The van der Waals surface area contributed by atoms with Gasteiger partial charge in [0.2, 0.25) is 0 Å². The van der Waals surface area contributed by atoms with E-state index in [1.807, 2.05) is 0 Å². The fraction of sp³-hybridized carbons (Fsp3) is 0.227. The van der Waals surface area contributed by atoms with Crippen LogP contribution in [0.2, 0.25) is 0 Å². The third-order valence-corrected chi connectivity index (χ3v) is 4.98. The van der Waals surface area contributed by atoms with Crippen molar-refractivity contribution in [2.45, 2.75) is 25.7 Å². The maximum absolute atomic E-state index is 13.5. The minimum atomic E-state index is -0.650. The molecule has 2 aromatic carbocycles. The Labute approximate surface area is 177 Å². The summed E-state index contributed by atoms with van der Waals surface area (Å²) in [6.45, 7) is -0.469. The average molecular weight is 426 g/mol. The van der Waals surface area contributed by atoms with Gasteiger partial charge in [0.15, 0.2) is 23.9 Å². The van der Waals surface area contributed by atoms with E-state index in [9.17, 15) is 18.4 Å². The summed E-state index contributed by atoms with van der Waals surface area (Å²) in [7, 11) is 0. The number of nitrogens with zero attached hydrogens (tertiary/aromatic N) is 2. The number of halogens is 2. The van der Waals surface area contributed by atoms with E-state index >= 15 is 0 Å². The molecule has 0 fully saturated rings. The van der Waals surface area contributed by atoms with Crippen LogP contribution in [0.1, 0.15) is 34.6 Å². The van der Waals surface area contributed by atoms with Crippen molar-refractivity contribution in [3.8, 4) is 11.4 Å². The van der Waals surface area contributed by atoms with Crippen molar-refractivity contribution in [1.82, 2.24) is 20.6 Å². The predicted octanol–water partition coefficient (Wildman–Crippen LogP) is 2.87. The fourth-order valence-corrected chi connectivity index (χ4v) is 3.50. The van der Waals surface area contributed by atoms with Crippen LogP contribution < -0.4 is 15.6 Å². The number of nitrogens with one attached hydrogen (secondary N) is 2. The van der Waals surface area contributed by atoms with Crippen molar-refractivity contribution < 1.29 is 23.1 Å². The third kappa shape index (κ3) is 4.55. The first-order valence-corrected chi connectivity index (χ1v) is 9.86. The van der Waals surface area contributed by atoms with Gasteiger partial charge in [-0.2, -0.15) is 5.10 Å². The zero-order chi connectivity index (χ0) is 21.8. The molecule has 0 spiro atoms. The summed E-state index contributed by atoms with van der Waals surface area (Å²) in [5.41, 5.74) is 7.14. The number of hydrogen-bond donors (Lipinski definition) is 2. The SMILES string of the molecule is O=C(COc1ccccc1F)NNC(=O)c1nn(-c2ccc(F)cc2)c2c1CCCC2. The molecule has 4 rings (SSSR count). The molecule has 31 heavy (non-hydrogen) atoms. The smallest absolute Gasteiger partial charge is 0.290 e. The molecule has 1 aliphatic carbocycles. The monoisotopic (exact) mass is 426 g/mol. The molecular weight excluding hydrogens is 406 g/mol. The van der Waals surface area contributed by atoms with E-state index in [2.05, 4.69) is 16.0 Å². The zero-order valence-corrected chi connectivity index (χ0v) is 16.5. The number of benzene rings is 2. The van der Waals surface area contributed by atoms with Crippen molar-refractivity contribution in [1.29, 1.82) is 0 Å². The highest BCUT2D eigenvalue weighted by Gasteiger charge is 2.26. The summed E-state index contributed by atoms with van der Waals surface area (Å²) in [6, 6.07) is 11.6. The molecule has 3 aromatic rings. The molecule has 1 heterocycles. The van der Waals surface area contributed by atoms with Gasteiger partial charge in [-0.15, -0.1) is 0 Å². The number of fused-ring (bicyclic) bond motifs is 1. The van der Waals surface area contributed by atoms with Gasteiger partial charge in [0.05, 0.1) is 5.69 Å². The lowest BCUT2D eigenvalue weighted by molar-refractivity contribution is -0.123. The molecule has 9 heteroatoms. The molecule has 2 N–H and O–H groups in total. The molecule has 7 nitrogen and oxygen atoms in total. The number of carbonyl (C=O) groups excluding carboxylic acids is 2. The van der Waals surface area contributed by atoms with Gasteiger partial charge in [0, 0.05) is 11.3 Å². The van der Waals surface area contributed by atoms with Gasteiger partial charge in [-0.1, -0.05) is 12.1 Å². The Hall–Kier alpha value is -3.75. The van der Waals surface area contributed by atoms with E-state index in [-0.39, 0.29) is 17.3 Å². The van der Waals surface area contributed by atoms with Gasteiger partial charge >= 0.3 is 0 Å². The highest BCUT2D eigenvalue weighted by molar-refractivity contribution is 5.95. The Morgan fingerprint density at radius 3 is 2.52 bits per heavy atom. The van der Waals surface area contributed by atoms with Crippen LogP contribution in [0.3, 0.4) is 0 Å². The molecule has 0 radical (unpaired) electrons. The van der Waals surface area contributed by atoms with Crippen LogP contribution in [-0.4, -0.2) is 28.2 Å². The largest absolute Gasteiger partial charge is 0.481 e. The predicted molar refractivity (Wildman–Crippen MR) is 108 cm³/mol. The number of para-hydroxylation sites is 1. The normalized spacial score (nSPS) is 12.7. The molecule has 0 saturated carbocycles. The fourth-order valence-electron chi connectivity index (χ4n) is 3.50. The van der Waals surface area contributed by atoms with Gasteiger partial charge in [0.25, 0.3) is 11.8 Å². The Morgan fingerprint density at radius 2 is 1.74 bits per heavy atom. The zero-order valence-electron chi connectivity index (χ0n) is 16.5. The summed E-state index contributed by atoms with van der Waals surface area (Å²) in [6.07, 6.45) is 3.32. The van der Waals surface area contributed by atoms with Crippen LogP contribution in [0.4, 0.5) is 8.78 Å². The molecule has 2 amide bonds. The minimum Gasteiger partial charge on any atom is -0.481 e. The van der Waals surface area contributed by atoms with E-state index in [1.54, 1.807) is 22.9 Å². The van der Waals surface area contributed by atoms with Crippen LogP contribution in [0.15, 0.2) is 48.5 Å². The van der Waals surface area contributed by atoms with Gasteiger partial charge in [-0.05, 0) is 62.1 Å². The molecular formula is C22H20F2N4O3. The molecule has 160 valence electrons. The Bertz CT molecular complexity index is 1110. The lowest BCUT2D eigenvalue weighted by atomic mass is 9.95. The summed E-state index contributed by atoms with van der Waals surface area (Å²) in [5.74, 6) is -2.22. The van der Waals surface area contributed by atoms with Gasteiger partial charge in [-0.3, -0.25) is 20.4 Å². The highest BCUT2D eigenvalue weighted by Crippen LogP contribution is 2.27. The lowest BCUT2D eigenvalue weighted by Gasteiger charge is -2.14. The topological polar surface area (TPSA) is 85.2 Å². The van der Waals surface area contributed by atoms with Crippen LogP contribution in [-0.2, 0) is 17.6 Å². The second-order valence-electron chi connectivity index (χ2n) is 7.09. The number of hydrazine groups is 1. The van der Waals surface area contributed by atoms with E-state index < -0.39 is 24.2 Å². The number of hydrogen-bond acceptors (Lipinski definition) is 4. The number of carbonyl (C=O) groups is 2. The first kappa shape index (κ1) is 20.5. The van der Waals surface area contributed by atoms with Gasteiger partial charge < -0.3 is 4.74 Å². The Kier molecular flexibility index (Phi) is 5.92. The lowest BCUT2D eigenvalue weighted by Crippen LogP contribution is -2.44. The first-order valence-electron chi connectivity index (χ1n) is 9.86. The second kappa shape index (κ2) is 8.95. The summed E-state index contributed by atoms with van der Waals surface area (Å²) in [4.78, 5) is 24.7. The quantitative estimate of drug-likeness (QED) is 0.615. The third-order valence-electron chi connectivity index (χ3n) is 4.98. The van der Waals surface area contributed by atoms with Crippen LogP contribution in [0, 0.1) is 11.6 Å². The molecule has 0 aliphatic heterocycles. The highest BCUT2D eigenvalue weighted by atomic mass is 19.1. The van der Waals surface area contributed by atoms with Crippen molar-refractivity contribution in [2.24, 2.45) is 0 Å². The summed E-state index contributed by atoms with van der Waals surface area (Å²) in [5, 5.41) is 4.42. The molecule has 1 aromatic heterocycles. The Balaban J connectivity index is 1.44. The van der Waals surface area contributed by atoms with Crippen molar-refractivity contribution >= 4 is 11.8 Å². The molecule has 0 unspecified atom stereocenters. The van der Waals surface area contributed by atoms with E-state index in [4.69, 9.17) is 4.74 Å². The average Bonchev–Trinajstić information content (AvgIpc) is 3.17. The minimum absolute atomic E-state index is 0.0592. The van der Waals surface area contributed by atoms with Crippen molar-refractivity contribution in [3.05, 3.63) is 77.1 Å². The molecule has 0 bridgehead atoms. The standard InChI is InChI=1S/C22H20F2N4O3/c23-14-9-11-15(12-10-14)28-18-7-3-1-5-16(18)21(27-28)22(30)26-25-20(29)13-31-19-8-4-2-6-17(19)24/h2,4,6,8-12H,1,3,5,7,13H2,(H,25,29)(H,26,30). The maximum Gasteiger partial charge on any atom is 0.290 e. The number of ether oxygens (including phenoxy) is 1. The van der Waals surface area contributed by atoms with Gasteiger partial charge in [-0.25, -0.2) is 13.5 Å². The molecule has 0 saturated heterocycles. The van der Waals surface area contributed by atoms with Gasteiger partial charge in [0.1, 0.15) is 5.82 Å². The van der Waals surface area contributed by atoms with E-state index in [0.717, 1.165) is 30.5 Å². The van der Waals surface area contributed by atoms with Crippen molar-refractivity contribution in [3.63, 3.8) is 0 Å². The number of aromatic nitrogens is 2. The molecule has 1 aliphatic rings. The van der Waals surface area contributed by atoms with Crippen molar-refractivity contribution in [2.75, 3.05) is 6.61 Å². The summed E-state index contributed by atoms with van der Waals surface area (Å²) < 4.78 is 33.6. The van der Waals surface area contributed by atoms with E-state index in [0.29, 0.717) is 12.1 Å². The van der Waals surface area contributed by atoms with E-state index in [1.165, 1.54) is 30.3 Å². The first-order chi connectivity index (χ1) is 15.0. The summed E-state index contributed by atoms with van der Waals surface area (Å²) >= 11 is 0. The Morgan fingerprint density at radius 1 is 1.00 bits per heavy atom. The second-order valence-corrected chi connectivity index (χ2v) is 7.09. The van der Waals surface area contributed by atoms with Crippen LogP contribution in [0.5, 0.6) is 5.75 Å².